The summed E-state index contributed by atoms with van der Waals surface area (Å²) in [7, 11) is 0. The summed E-state index contributed by atoms with van der Waals surface area (Å²) in [6.07, 6.45) is 2.65. The molecule has 2 unspecified atom stereocenters. The van der Waals surface area contributed by atoms with Gasteiger partial charge in [-0.05, 0) is 29.9 Å². The van der Waals surface area contributed by atoms with E-state index in [1.807, 2.05) is 26.0 Å². The Hall–Kier alpha value is -1.84. The van der Waals surface area contributed by atoms with Crippen LogP contribution in [0.1, 0.15) is 44.7 Å². The molecular formula is C17H25NO3. The molecule has 1 aromatic carbocycles. The van der Waals surface area contributed by atoms with Crippen molar-refractivity contribution in [3.8, 4) is 0 Å². The highest BCUT2D eigenvalue weighted by Gasteiger charge is 2.24. The van der Waals surface area contributed by atoms with E-state index in [0.29, 0.717) is 12.8 Å². The van der Waals surface area contributed by atoms with Gasteiger partial charge in [0.15, 0.2) is 0 Å². The average molecular weight is 291 g/mol. The van der Waals surface area contributed by atoms with Crippen molar-refractivity contribution in [2.75, 3.05) is 0 Å². The van der Waals surface area contributed by atoms with E-state index >= 15 is 0 Å². The summed E-state index contributed by atoms with van der Waals surface area (Å²) in [5.41, 5.74) is 2.36. The maximum atomic E-state index is 11.9. The van der Waals surface area contributed by atoms with Crippen LogP contribution in [0.4, 0.5) is 0 Å². The molecule has 0 fully saturated rings. The Morgan fingerprint density at radius 2 is 1.71 bits per heavy atom. The van der Waals surface area contributed by atoms with Gasteiger partial charge in [-0.2, -0.15) is 0 Å². The number of amides is 1. The molecular weight excluding hydrogens is 266 g/mol. The van der Waals surface area contributed by atoms with E-state index in [0.717, 1.165) is 18.4 Å². The molecule has 2 N–H and O–H groups in total. The van der Waals surface area contributed by atoms with Crippen molar-refractivity contribution in [2.24, 2.45) is 5.92 Å². The highest BCUT2D eigenvalue weighted by molar-refractivity contribution is 5.83. The van der Waals surface area contributed by atoms with Gasteiger partial charge in [-0.25, -0.2) is 4.79 Å². The first-order valence-electron chi connectivity index (χ1n) is 7.57. The number of carbonyl (C=O) groups excluding carboxylic acids is 1. The minimum Gasteiger partial charge on any atom is -0.480 e. The fourth-order valence-electron chi connectivity index (χ4n) is 2.13. The number of benzene rings is 1. The van der Waals surface area contributed by atoms with E-state index in [1.165, 1.54) is 5.56 Å². The Labute approximate surface area is 126 Å². The van der Waals surface area contributed by atoms with Gasteiger partial charge in [0, 0.05) is 6.42 Å². The molecule has 0 spiro atoms. The summed E-state index contributed by atoms with van der Waals surface area (Å²) in [6, 6.07) is 7.37. The molecule has 1 amide bonds. The number of carboxylic acid groups (broad SMARTS) is 1. The van der Waals surface area contributed by atoms with Crippen LogP contribution in [0.3, 0.4) is 0 Å². The third kappa shape index (κ3) is 5.58. The highest BCUT2D eigenvalue weighted by Crippen LogP contribution is 2.10. The van der Waals surface area contributed by atoms with Gasteiger partial charge in [-0.1, -0.05) is 51.5 Å². The molecule has 1 rings (SSSR count). The van der Waals surface area contributed by atoms with Crippen LogP contribution in [-0.2, 0) is 22.4 Å². The maximum absolute atomic E-state index is 11.9. The lowest BCUT2D eigenvalue weighted by Crippen LogP contribution is -2.45. The predicted molar refractivity (Wildman–Crippen MR) is 83.2 cm³/mol. The van der Waals surface area contributed by atoms with Gasteiger partial charge in [0.25, 0.3) is 0 Å². The third-order valence-corrected chi connectivity index (χ3v) is 3.87. The van der Waals surface area contributed by atoms with E-state index < -0.39 is 12.0 Å². The number of hydrogen-bond acceptors (Lipinski definition) is 2. The number of aryl methyl sites for hydroxylation is 2. The van der Waals surface area contributed by atoms with Crippen LogP contribution in [0, 0.1) is 5.92 Å². The number of hydrogen-bond donors (Lipinski definition) is 2. The molecule has 116 valence electrons. The van der Waals surface area contributed by atoms with E-state index in [9.17, 15) is 9.59 Å². The molecule has 0 saturated carbocycles. The zero-order valence-corrected chi connectivity index (χ0v) is 13.1. The van der Waals surface area contributed by atoms with Crippen LogP contribution in [-0.4, -0.2) is 23.0 Å². The Balaban J connectivity index is 2.50. The van der Waals surface area contributed by atoms with Crippen molar-refractivity contribution in [1.29, 1.82) is 0 Å². The molecule has 0 aliphatic rings. The minimum atomic E-state index is -0.968. The van der Waals surface area contributed by atoms with Gasteiger partial charge >= 0.3 is 5.97 Å². The summed E-state index contributed by atoms with van der Waals surface area (Å²) >= 11 is 0. The second-order valence-corrected chi connectivity index (χ2v) is 5.44. The van der Waals surface area contributed by atoms with Crippen molar-refractivity contribution < 1.29 is 14.7 Å². The molecule has 0 aromatic heterocycles. The SMILES string of the molecule is CCc1ccc(CCC(=O)NC(C(=O)O)C(C)CC)cc1. The lowest BCUT2D eigenvalue weighted by Gasteiger charge is -2.20. The molecule has 4 nitrogen and oxygen atoms in total. The zero-order valence-electron chi connectivity index (χ0n) is 13.1. The Morgan fingerprint density at radius 1 is 1.14 bits per heavy atom. The van der Waals surface area contributed by atoms with Gasteiger partial charge in [0.1, 0.15) is 6.04 Å². The van der Waals surface area contributed by atoms with Crippen molar-refractivity contribution in [2.45, 2.75) is 52.5 Å². The van der Waals surface area contributed by atoms with Crippen LogP contribution in [0.5, 0.6) is 0 Å². The fraction of sp³-hybridized carbons (Fsp3) is 0.529. The molecule has 4 heteroatoms. The van der Waals surface area contributed by atoms with Gasteiger partial charge in [-0.3, -0.25) is 4.79 Å². The van der Waals surface area contributed by atoms with Crippen molar-refractivity contribution in [3.63, 3.8) is 0 Å². The molecule has 0 radical (unpaired) electrons. The van der Waals surface area contributed by atoms with E-state index in [1.54, 1.807) is 0 Å². The summed E-state index contributed by atoms with van der Waals surface area (Å²) in [5, 5.41) is 11.8. The monoisotopic (exact) mass is 291 g/mol. The molecule has 1 aromatic rings. The Morgan fingerprint density at radius 3 is 2.19 bits per heavy atom. The smallest absolute Gasteiger partial charge is 0.326 e. The number of rotatable bonds is 8. The Kier molecular flexibility index (Phi) is 6.92. The fourth-order valence-corrected chi connectivity index (χ4v) is 2.13. The summed E-state index contributed by atoms with van der Waals surface area (Å²) < 4.78 is 0. The van der Waals surface area contributed by atoms with Crippen LogP contribution < -0.4 is 5.32 Å². The lowest BCUT2D eigenvalue weighted by molar-refractivity contribution is -0.143. The van der Waals surface area contributed by atoms with E-state index in [-0.39, 0.29) is 11.8 Å². The van der Waals surface area contributed by atoms with E-state index in [4.69, 9.17) is 5.11 Å². The van der Waals surface area contributed by atoms with Crippen LogP contribution in [0.25, 0.3) is 0 Å². The van der Waals surface area contributed by atoms with Crippen molar-refractivity contribution in [3.05, 3.63) is 35.4 Å². The molecule has 0 saturated heterocycles. The van der Waals surface area contributed by atoms with Crippen molar-refractivity contribution in [1.82, 2.24) is 5.32 Å². The summed E-state index contributed by atoms with van der Waals surface area (Å²) in [6.45, 7) is 5.86. The molecule has 21 heavy (non-hydrogen) atoms. The van der Waals surface area contributed by atoms with Gasteiger partial charge in [-0.15, -0.1) is 0 Å². The normalized spacial score (nSPS) is 13.5. The first-order chi connectivity index (χ1) is 9.97. The Bertz CT molecular complexity index is 467. The first kappa shape index (κ1) is 17.2. The molecule has 0 heterocycles. The predicted octanol–water partition coefficient (Wildman–Crippen LogP) is 2.80. The third-order valence-electron chi connectivity index (χ3n) is 3.87. The molecule has 0 bridgehead atoms. The van der Waals surface area contributed by atoms with Gasteiger partial charge < -0.3 is 10.4 Å². The van der Waals surface area contributed by atoms with Crippen LogP contribution >= 0.6 is 0 Å². The quantitative estimate of drug-likeness (QED) is 0.774. The number of carbonyl (C=O) groups is 2. The van der Waals surface area contributed by atoms with E-state index in [2.05, 4.69) is 24.4 Å². The van der Waals surface area contributed by atoms with Crippen molar-refractivity contribution >= 4 is 11.9 Å². The second-order valence-electron chi connectivity index (χ2n) is 5.44. The molecule has 0 aliphatic heterocycles. The summed E-state index contributed by atoms with van der Waals surface area (Å²) in [4.78, 5) is 23.1. The van der Waals surface area contributed by atoms with Gasteiger partial charge in [0.05, 0.1) is 0 Å². The largest absolute Gasteiger partial charge is 0.480 e. The minimum absolute atomic E-state index is 0.0738. The molecule has 2 atom stereocenters. The van der Waals surface area contributed by atoms with Crippen LogP contribution in [0.15, 0.2) is 24.3 Å². The number of carboxylic acids is 1. The standard InChI is InChI=1S/C17H25NO3/c1-4-12(3)16(17(20)21)18-15(19)11-10-14-8-6-13(5-2)7-9-14/h6-9,12,16H,4-5,10-11H2,1-3H3,(H,18,19)(H,20,21). The number of aliphatic carboxylic acids is 1. The second kappa shape index (κ2) is 8.45. The highest BCUT2D eigenvalue weighted by atomic mass is 16.4. The topological polar surface area (TPSA) is 66.4 Å². The zero-order chi connectivity index (χ0) is 15.8. The average Bonchev–Trinajstić information content (AvgIpc) is 2.50. The maximum Gasteiger partial charge on any atom is 0.326 e. The lowest BCUT2D eigenvalue weighted by atomic mass is 9.99. The van der Waals surface area contributed by atoms with Gasteiger partial charge in [0.2, 0.25) is 5.91 Å². The summed E-state index contributed by atoms with van der Waals surface area (Å²) in [5.74, 6) is -1.25. The first-order valence-corrected chi connectivity index (χ1v) is 7.57. The van der Waals surface area contributed by atoms with Crippen LogP contribution in [0.2, 0.25) is 0 Å². The molecule has 0 aliphatic carbocycles. The number of nitrogens with one attached hydrogen (secondary N) is 1.